The maximum Gasteiger partial charge on any atom is 0.228 e. The lowest BCUT2D eigenvalue weighted by Gasteiger charge is -2.33. The zero-order valence-corrected chi connectivity index (χ0v) is 13.0. The Kier molecular flexibility index (Phi) is 3.88. The van der Waals surface area contributed by atoms with E-state index in [1.165, 1.54) is 10.6 Å². The van der Waals surface area contributed by atoms with Crippen LogP contribution >= 0.6 is 0 Å². The van der Waals surface area contributed by atoms with Crippen molar-refractivity contribution in [2.75, 3.05) is 32.4 Å². The second-order valence-electron chi connectivity index (χ2n) is 5.35. The summed E-state index contributed by atoms with van der Waals surface area (Å²) in [6.45, 7) is 1.48. The molecule has 1 aromatic carbocycles. The fraction of sp³-hybridized carbons (Fsp3) is 0.429. The zero-order chi connectivity index (χ0) is 15.7. The van der Waals surface area contributed by atoms with Crippen molar-refractivity contribution in [3.8, 4) is 0 Å². The number of benzene rings is 1. The van der Waals surface area contributed by atoms with Crippen molar-refractivity contribution in [3.63, 3.8) is 0 Å². The van der Waals surface area contributed by atoms with Gasteiger partial charge in [-0.1, -0.05) is 17.3 Å². The molecule has 1 aliphatic rings. The van der Waals surface area contributed by atoms with Crippen molar-refractivity contribution in [3.05, 3.63) is 30.0 Å². The number of carbonyl (C=O) groups excluding carboxylic acids is 1. The number of fused-ring (bicyclic) bond motifs is 1. The Morgan fingerprint density at radius 1 is 1.23 bits per heavy atom. The number of carbonyl (C=O) groups is 1. The first-order chi connectivity index (χ1) is 10.4. The molecule has 1 aliphatic heterocycles. The number of hydrogen-bond acceptors (Lipinski definition) is 5. The van der Waals surface area contributed by atoms with Gasteiger partial charge >= 0.3 is 0 Å². The minimum absolute atomic E-state index is 0.0628. The maximum atomic E-state index is 12.3. The van der Waals surface area contributed by atoms with Crippen LogP contribution < -0.4 is 0 Å². The van der Waals surface area contributed by atoms with Crippen molar-refractivity contribution in [2.45, 2.75) is 6.42 Å². The van der Waals surface area contributed by atoms with Crippen LogP contribution in [0, 0.1) is 0 Å². The highest BCUT2D eigenvalue weighted by molar-refractivity contribution is 7.88. The molecule has 118 valence electrons. The summed E-state index contributed by atoms with van der Waals surface area (Å²) in [7, 11) is -3.19. The van der Waals surface area contributed by atoms with Gasteiger partial charge < -0.3 is 9.42 Å². The van der Waals surface area contributed by atoms with Gasteiger partial charge in [0.05, 0.1) is 12.7 Å². The minimum Gasteiger partial charge on any atom is -0.356 e. The number of sulfonamides is 1. The summed E-state index contributed by atoms with van der Waals surface area (Å²) in [4.78, 5) is 14.0. The van der Waals surface area contributed by atoms with Crippen LogP contribution in [0.4, 0.5) is 0 Å². The molecule has 0 radical (unpaired) electrons. The Hall–Kier alpha value is -1.93. The van der Waals surface area contributed by atoms with Crippen molar-refractivity contribution in [1.29, 1.82) is 0 Å². The summed E-state index contributed by atoms with van der Waals surface area (Å²) in [5.41, 5.74) is 1.28. The number of hydrogen-bond donors (Lipinski definition) is 0. The van der Waals surface area contributed by atoms with Crippen LogP contribution in [-0.2, 0) is 21.2 Å². The van der Waals surface area contributed by atoms with Gasteiger partial charge in [0.15, 0.2) is 5.58 Å². The Morgan fingerprint density at radius 3 is 2.59 bits per heavy atom. The molecular formula is C14H17N3O4S. The van der Waals surface area contributed by atoms with Crippen LogP contribution in [0.1, 0.15) is 5.69 Å². The van der Waals surface area contributed by atoms with E-state index in [0.29, 0.717) is 37.5 Å². The Bertz CT molecular complexity index is 791. The molecule has 0 saturated carbocycles. The van der Waals surface area contributed by atoms with E-state index >= 15 is 0 Å². The first-order valence-electron chi connectivity index (χ1n) is 7.01. The predicted molar refractivity (Wildman–Crippen MR) is 80.7 cm³/mol. The molecule has 0 unspecified atom stereocenters. The number of aromatic nitrogens is 1. The molecule has 1 amide bonds. The second-order valence-corrected chi connectivity index (χ2v) is 7.33. The zero-order valence-electron chi connectivity index (χ0n) is 12.2. The van der Waals surface area contributed by atoms with Gasteiger partial charge in [-0.2, -0.15) is 4.31 Å². The van der Waals surface area contributed by atoms with Gasteiger partial charge in [0.1, 0.15) is 5.69 Å². The predicted octanol–water partition coefficient (Wildman–Crippen LogP) is 0.474. The first kappa shape index (κ1) is 15.0. The Balaban J connectivity index is 1.66. The molecule has 1 saturated heterocycles. The molecule has 0 bridgehead atoms. The van der Waals surface area contributed by atoms with E-state index in [1.807, 2.05) is 18.2 Å². The van der Waals surface area contributed by atoms with Gasteiger partial charge in [-0.25, -0.2) is 8.42 Å². The van der Waals surface area contributed by atoms with Gasteiger partial charge in [-0.15, -0.1) is 0 Å². The molecule has 0 aliphatic carbocycles. The molecule has 0 spiro atoms. The maximum absolute atomic E-state index is 12.3. The molecule has 2 aromatic rings. The lowest BCUT2D eigenvalue weighted by molar-refractivity contribution is -0.131. The van der Waals surface area contributed by atoms with Crippen LogP contribution in [0.5, 0.6) is 0 Å². The van der Waals surface area contributed by atoms with Gasteiger partial charge in [0.25, 0.3) is 0 Å². The smallest absolute Gasteiger partial charge is 0.228 e. The SMILES string of the molecule is CS(=O)(=O)N1CCN(C(=O)Cc2noc3ccccc23)CC1. The summed E-state index contributed by atoms with van der Waals surface area (Å²) >= 11 is 0. The monoisotopic (exact) mass is 323 g/mol. The summed E-state index contributed by atoms with van der Waals surface area (Å²) in [6, 6.07) is 7.40. The third kappa shape index (κ3) is 2.97. The third-order valence-corrected chi connectivity index (χ3v) is 5.13. The summed E-state index contributed by atoms with van der Waals surface area (Å²) < 4.78 is 29.5. The number of amides is 1. The number of para-hydroxylation sites is 1. The van der Waals surface area contributed by atoms with Crippen LogP contribution in [0.25, 0.3) is 11.0 Å². The average molecular weight is 323 g/mol. The number of piperazine rings is 1. The summed E-state index contributed by atoms with van der Waals surface area (Å²) in [5.74, 6) is -0.0628. The molecule has 22 heavy (non-hydrogen) atoms. The standard InChI is InChI=1S/C14H17N3O4S/c1-22(19,20)17-8-6-16(7-9-17)14(18)10-12-11-4-2-3-5-13(11)21-15-12/h2-5H,6-10H2,1H3. The molecule has 1 fully saturated rings. The van der Waals surface area contributed by atoms with Gasteiger partial charge in [-0.3, -0.25) is 4.79 Å². The molecule has 1 aromatic heterocycles. The van der Waals surface area contributed by atoms with E-state index < -0.39 is 10.0 Å². The number of nitrogens with zero attached hydrogens (tertiary/aromatic N) is 3. The Morgan fingerprint density at radius 2 is 1.91 bits per heavy atom. The summed E-state index contributed by atoms with van der Waals surface area (Å²) in [5, 5.41) is 4.79. The highest BCUT2D eigenvalue weighted by Gasteiger charge is 2.26. The van der Waals surface area contributed by atoms with E-state index in [0.717, 1.165) is 5.39 Å². The highest BCUT2D eigenvalue weighted by atomic mass is 32.2. The van der Waals surface area contributed by atoms with Crippen molar-refractivity contribution >= 4 is 26.9 Å². The van der Waals surface area contributed by atoms with E-state index in [-0.39, 0.29) is 12.3 Å². The van der Waals surface area contributed by atoms with Gasteiger partial charge in [0.2, 0.25) is 15.9 Å². The van der Waals surface area contributed by atoms with E-state index in [9.17, 15) is 13.2 Å². The molecule has 8 heteroatoms. The average Bonchev–Trinajstić information content (AvgIpc) is 2.90. The third-order valence-electron chi connectivity index (χ3n) is 3.83. The highest BCUT2D eigenvalue weighted by Crippen LogP contribution is 2.19. The Labute approximate surface area is 128 Å². The second kappa shape index (κ2) is 5.69. The van der Waals surface area contributed by atoms with Crippen molar-refractivity contribution in [2.24, 2.45) is 0 Å². The lowest BCUT2D eigenvalue weighted by atomic mass is 10.1. The molecule has 2 heterocycles. The molecular weight excluding hydrogens is 306 g/mol. The van der Waals surface area contributed by atoms with E-state index in [1.54, 1.807) is 11.0 Å². The van der Waals surface area contributed by atoms with Crippen LogP contribution in [0.15, 0.2) is 28.8 Å². The molecule has 7 nitrogen and oxygen atoms in total. The van der Waals surface area contributed by atoms with Gasteiger partial charge in [-0.05, 0) is 12.1 Å². The lowest BCUT2D eigenvalue weighted by Crippen LogP contribution is -2.50. The quantitative estimate of drug-likeness (QED) is 0.820. The van der Waals surface area contributed by atoms with Gasteiger partial charge in [0, 0.05) is 31.6 Å². The van der Waals surface area contributed by atoms with Crippen LogP contribution in [0.3, 0.4) is 0 Å². The first-order valence-corrected chi connectivity index (χ1v) is 8.86. The van der Waals surface area contributed by atoms with E-state index in [4.69, 9.17) is 4.52 Å². The topological polar surface area (TPSA) is 83.7 Å². The molecule has 3 rings (SSSR count). The normalized spacial score (nSPS) is 17.0. The van der Waals surface area contributed by atoms with Crippen molar-refractivity contribution in [1.82, 2.24) is 14.4 Å². The largest absolute Gasteiger partial charge is 0.356 e. The van der Waals surface area contributed by atoms with Crippen LogP contribution in [-0.4, -0.2) is 61.1 Å². The van der Waals surface area contributed by atoms with E-state index in [2.05, 4.69) is 5.16 Å². The fourth-order valence-electron chi connectivity index (χ4n) is 2.59. The molecule has 0 N–H and O–H groups in total. The summed E-state index contributed by atoms with van der Waals surface area (Å²) in [6.07, 6.45) is 1.35. The number of rotatable bonds is 3. The fourth-order valence-corrected chi connectivity index (χ4v) is 3.42. The minimum atomic E-state index is -3.19. The van der Waals surface area contributed by atoms with Crippen molar-refractivity contribution < 1.29 is 17.7 Å². The van der Waals surface area contributed by atoms with Crippen LogP contribution in [0.2, 0.25) is 0 Å². The molecule has 0 atom stereocenters.